The monoisotopic (exact) mass is 466 g/mol. The van der Waals surface area contributed by atoms with E-state index in [2.05, 4.69) is 15.1 Å². The van der Waals surface area contributed by atoms with Gasteiger partial charge in [-0.3, -0.25) is 4.79 Å². The second-order valence-corrected chi connectivity index (χ2v) is 8.43. The molecule has 0 bridgehead atoms. The minimum absolute atomic E-state index is 0.0627. The number of halogens is 4. The lowest BCUT2D eigenvalue weighted by Gasteiger charge is -2.36. The van der Waals surface area contributed by atoms with E-state index in [-0.39, 0.29) is 22.8 Å². The molecule has 0 aromatic carbocycles. The van der Waals surface area contributed by atoms with Crippen molar-refractivity contribution >= 4 is 34.4 Å². The number of piperazine rings is 1. The number of anilines is 1. The van der Waals surface area contributed by atoms with Crippen molar-refractivity contribution in [2.75, 3.05) is 31.1 Å². The summed E-state index contributed by atoms with van der Waals surface area (Å²) >= 11 is 6.06. The Morgan fingerprint density at radius 1 is 1.12 bits per heavy atom. The zero-order valence-electron chi connectivity index (χ0n) is 17.8. The van der Waals surface area contributed by atoms with Crippen LogP contribution in [0.25, 0.3) is 11.0 Å². The van der Waals surface area contributed by atoms with Crippen LogP contribution in [0.3, 0.4) is 0 Å². The maximum Gasteiger partial charge on any atom is 0.417 e. The fourth-order valence-electron chi connectivity index (χ4n) is 3.77. The average molecular weight is 467 g/mol. The smallest absolute Gasteiger partial charge is 0.352 e. The highest BCUT2D eigenvalue weighted by molar-refractivity contribution is 6.33. The molecule has 170 valence electrons. The van der Waals surface area contributed by atoms with Gasteiger partial charge in [-0.15, -0.1) is 0 Å². The molecule has 3 aromatic rings. The number of rotatable bonds is 3. The maximum absolute atomic E-state index is 13.1. The third-order valence-electron chi connectivity index (χ3n) is 5.49. The molecule has 1 aliphatic rings. The predicted octanol–water partition coefficient (Wildman–Crippen LogP) is 4.35. The lowest BCUT2D eigenvalue weighted by Crippen LogP contribution is -2.49. The lowest BCUT2D eigenvalue weighted by molar-refractivity contribution is -0.137. The van der Waals surface area contributed by atoms with Crippen LogP contribution in [-0.2, 0) is 6.18 Å². The summed E-state index contributed by atoms with van der Waals surface area (Å²) in [7, 11) is 0. The third kappa shape index (κ3) is 4.11. The summed E-state index contributed by atoms with van der Waals surface area (Å²) in [4.78, 5) is 25.1. The van der Waals surface area contributed by atoms with E-state index in [1.807, 2.05) is 24.6 Å². The van der Waals surface area contributed by atoms with Crippen molar-refractivity contribution in [3.8, 4) is 0 Å². The van der Waals surface area contributed by atoms with Gasteiger partial charge in [0.15, 0.2) is 5.65 Å². The molecule has 3 aromatic heterocycles. The van der Waals surface area contributed by atoms with Gasteiger partial charge in [0.05, 0.1) is 28.0 Å². The summed E-state index contributed by atoms with van der Waals surface area (Å²) in [5.74, 6) is 0.146. The molecule has 0 atom stereocenters. The Morgan fingerprint density at radius 2 is 1.81 bits per heavy atom. The number of aromatic nitrogens is 4. The maximum atomic E-state index is 13.1. The Morgan fingerprint density at radius 3 is 2.41 bits per heavy atom. The van der Waals surface area contributed by atoms with Gasteiger partial charge in [0, 0.05) is 43.8 Å². The molecular formula is C21H22ClF3N6O. The molecule has 0 saturated carbocycles. The number of hydrogen-bond acceptors (Lipinski definition) is 5. The predicted molar refractivity (Wildman–Crippen MR) is 115 cm³/mol. The molecule has 1 aliphatic heterocycles. The van der Waals surface area contributed by atoms with Gasteiger partial charge in [-0.05, 0) is 32.9 Å². The van der Waals surface area contributed by atoms with Crippen molar-refractivity contribution in [1.82, 2.24) is 24.6 Å². The number of carbonyl (C=O) groups excluding carboxylic acids is 1. The minimum atomic E-state index is -4.50. The number of amides is 1. The van der Waals surface area contributed by atoms with Crippen LogP contribution >= 0.6 is 11.6 Å². The second kappa shape index (κ2) is 8.23. The van der Waals surface area contributed by atoms with E-state index in [1.54, 1.807) is 22.9 Å². The second-order valence-electron chi connectivity index (χ2n) is 8.02. The highest BCUT2D eigenvalue weighted by Crippen LogP contribution is 2.34. The van der Waals surface area contributed by atoms with Gasteiger partial charge in [-0.2, -0.15) is 18.3 Å². The summed E-state index contributed by atoms with van der Waals surface area (Å²) in [5, 5.41) is 5.09. The third-order valence-corrected chi connectivity index (χ3v) is 5.77. The zero-order chi connectivity index (χ0) is 23.2. The SMILES string of the molecule is Cc1nc2c(cnn2C(C)C)cc1C(=O)N1CCN(c2ncc(C(F)(F)F)cc2Cl)CC1. The lowest BCUT2D eigenvalue weighted by atomic mass is 10.1. The van der Waals surface area contributed by atoms with Gasteiger partial charge in [-0.1, -0.05) is 11.6 Å². The van der Waals surface area contributed by atoms with E-state index >= 15 is 0 Å². The Bertz CT molecular complexity index is 1170. The van der Waals surface area contributed by atoms with Gasteiger partial charge in [0.25, 0.3) is 5.91 Å². The topological polar surface area (TPSA) is 67.2 Å². The molecule has 0 spiro atoms. The van der Waals surface area contributed by atoms with Crippen LogP contribution in [-0.4, -0.2) is 56.7 Å². The van der Waals surface area contributed by atoms with Crippen molar-refractivity contribution in [3.05, 3.63) is 46.4 Å². The number of alkyl halides is 3. The van der Waals surface area contributed by atoms with Crippen LogP contribution in [0.1, 0.15) is 41.5 Å². The summed E-state index contributed by atoms with van der Waals surface area (Å²) in [5.41, 5.74) is 0.987. The zero-order valence-corrected chi connectivity index (χ0v) is 18.6. The molecule has 11 heteroatoms. The standard InChI is InChI=1S/C21H22ClF3N6O/c1-12(2)31-18-14(10-27-31)8-16(13(3)28-18)20(32)30-6-4-29(5-7-30)19-17(22)9-15(11-26-19)21(23,24)25/h8-12H,4-7H2,1-3H3. The summed E-state index contributed by atoms with van der Waals surface area (Å²) in [6, 6.07) is 2.84. The Kier molecular flexibility index (Phi) is 5.74. The Labute approximate surface area is 187 Å². The van der Waals surface area contributed by atoms with E-state index in [0.29, 0.717) is 37.4 Å². The van der Waals surface area contributed by atoms with Gasteiger partial charge in [0.2, 0.25) is 0 Å². The molecule has 7 nitrogen and oxygen atoms in total. The number of nitrogens with zero attached hydrogens (tertiary/aromatic N) is 6. The first-order valence-electron chi connectivity index (χ1n) is 10.2. The average Bonchev–Trinajstić information content (AvgIpc) is 3.15. The first kappa shape index (κ1) is 22.3. The van der Waals surface area contributed by atoms with Crippen LogP contribution < -0.4 is 4.90 Å². The largest absolute Gasteiger partial charge is 0.417 e. The van der Waals surface area contributed by atoms with Crippen molar-refractivity contribution in [2.45, 2.75) is 33.0 Å². The van der Waals surface area contributed by atoms with Crippen molar-refractivity contribution < 1.29 is 18.0 Å². The Hall–Kier alpha value is -2.88. The first-order valence-corrected chi connectivity index (χ1v) is 10.6. The normalized spacial score (nSPS) is 15.1. The molecule has 1 saturated heterocycles. The number of fused-ring (bicyclic) bond motifs is 1. The molecule has 32 heavy (non-hydrogen) atoms. The van der Waals surface area contributed by atoms with Crippen LogP contribution in [0.2, 0.25) is 5.02 Å². The van der Waals surface area contributed by atoms with Gasteiger partial charge < -0.3 is 9.80 Å². The Balaban J connectivity index is 1.49. The van der Waals surface area contributed by atoms with Crippen LogP contribution in [0.4, 0.5) is 19.0 Å². The number of hydrogen-bond donors (Lipinski definition) is 0. The summed E-state index contributed by atoms with van der Waals surface area (Å²) in [6.45, 7) is 7.42. The molecule has 1 fully saturated rings. The summed E-state index contributed by atoms with van der Waals surface area (Å²) in [6.07, 6.45) is -2.02. The van der Waals surface area contributed by atoms with Crippen LogP contribution in [0.5, 0.6) is 0 Å². The van der Waals surface area contributed by atoms with Crippen LogP contribution in [0.15, 0.2) is 24.5 Å². The fourth-order valence-corrected chi connectivity index (χ4v) is 4.06. The molecule has 4 heterocycles. The highest BCUT2D eigenvalue weighted by Gasteiger charge is 2.32. The van der Waals surface area contributed by atoms with Crippen molar-refractivity contribution in [1.29, 1.82) is 0 Å². The van der Waals surface area contributed by atoms with E-state index in [9.17, 15) is 18.0 Å². The molecule has 1 amide bonds. The van der Waals surface area contributed by atoms with E-state index in [4.69, 9.17) is 11.6 Å². The highest BCUT2D eigenvalue weighted by atomic mass is 35.5. The quantitative estimate of drug-likeness (QED) is 0.574. The van der Waals surface area contributed by atoms with Crippen molar-refractivity contribution in [2.24, 2.45) is 0 Å². The van der Waals surface area contributed by atoms with Gasteiger partial charge in [-0.25, -0.2) is 14.6 Å². The van der Waals surface area contributed by atoms with E-state index in [1.165, 1.54) is 0 Å². The molecule has 0 N–H and O–H groups in total. The van der Waals surface area contributed by atoms with E-state index in [0.717, 1.165) is 23.3 Å². The minimum Gasteiger partial charge on any atom is -0.352 e. The number of pyridine rings is 2. The molecule has 0 radical (unpaired) electrons. The van der Waals surface area contributed by atoms with Gasteiger partial charge >= 0.3 is 6.18 Å². The summed E-state index contributed by atoms with van der Waals surface area (Å²) < 4.78 is 40.4. The van der Waals surface area contributed by atoms with Crippen LogP contribution in [0, 0.1) is 6.92 Å². The van der Waals surface area contributed by atoms with E-state index < -0.39 is 11.7 Å². The number of carbonyl (C=O) groups is 1. The number of aryl methyl sites for hydroxylation is 1. The van der Waals surface area contributed by atoms with Gasteiger partial charge in [0.1, 0.15) is 5.82 Å². The molecular weight excluding hydrogens is 445 g/mol. The molecule has 0 aliphatic carbocycles. The molecule has 0 unspecified atom stereocenters. The van der Waals surface area contributed by atoms with Crippen molar-refractivity contribution in [3.63, 3.8) is 0 Å². The first-order chi connectivity index (χ1) is 15.1. The molecule has 4 rings (SSSR count). The fraction of sp³-hybridized carbons (Fsp3) is 0.429.